The lowest BCUT2D eigenvalue weighted by atomic mass is 10.1. The van der Waals surface area contributed by atoms with Gasteiger partial charge in [0.1, 0.15) is 11.6 Å². The molecule has 0 aliphatic rings. The van der Waals surface area contributed by atoms with E-state index in [1.807, 2.05) is 32.0 Å². The van der Waals surface area contributed by atoms with Crippen molar-refractivity contribution in [3.8, 4) is 5.75 Å². The monoisotopic (exact) mass is 274 g/mol. The number of aromatic amines is 1. The summed E-state index contributed by atoms with van der Waals surface area (Å²) in [6, 6.07) is 5.99. The molecule has 2 aromatic rings. The molecule has 1 heterocycles. The van der Waals surface area contributed by atoms with Gasteiger partial charge in [0.05, 0.1) is 13.0 Å². The van der Waals surface area contributed by atoms with Crippen LogP contribution in [0.5, 0.6) is 5.75 Å². The lowest BCUT2D eigenvalue weighted by Gasteiger charge is -2.09. The van der Waals surface area contributed by atoms with Gasteiger partial charge in [0, 0.05) is 0 Å². The van der Waals surface area contributed by atoms with Gasteiger partial charge in [-0.25, -0.2) is 0 Å². The highest BCUT2D eigenvalue weighted by atomic mass is 16.5. The predicted molar refractivity (Wildman–Crippen MR) is 75.8 cm³/mol. The summed E-state index contributed by atoms with van der Waals surface area (Å²) in [6.45, 7) is 6.07. The molecule has 0 radical (unpaired) electrons. The van der Waals surface area contributed by atoms with Gasteiger partial charge in [0.25, 0.3) is 0 Å². The zero-order valence-electron chi connectivity index (χ0n) is 11.9. The Bertz CT molecular complexity index is 607. The molecular weight excluding hydrogens is 256 g/mol. The molecule has 0 fully saturated rings. The van der Waals surface area contributed by atoms with Crippen molar-refractivity contribution in [1.29, 1.82) is 0 Å². The van der Waals surface area contributed by atoms with Crippen LogP contribution in [0.15, 0.2) is 18.2 Å². The number of amides is 1. The van der Waals surface area contributed by atoms with Crippen molar-refractivity contribution in [2.75, 3.05) is 11.9 Å². The lowest BCUT2D eigenvalue weighted by Crippen LogP contribution is -2.16. The number of anilines is 1. The van der Waals surface area contributed by atoms with Gasteiger partial charge in [-0.15, -0.1) is 5.10 Å². The standard InChI is InChI=1S/C14H18N4O2/c1-9-4-5-10(2)12(8-9)20-7-6-13(19)16-14-15-11(3)17-18-14/h4-5,8H,6-7H2,1-3H3,(H2,15,16,17,18,19). The van der Waals surface area contributed by atoms with Crippen molar-refractivity contribution in [1.82, 2.24) is 15.2 Å². The van der Waals surface area contributed by atoms with Crippen LogP contribution in [0.1, 0.15) is 23.4 Å². The lowest BCUT2D eigenvalue weighted by molar-refractivity contribution is -0.116. The fourth-order valence-corrected chi connectivity index (χ4v) is 1.70. The minimum absolute atomic E-state index is 0.172. The van der Waals surface area contributed by atoms with E-state index in [1.165, 1.54) is 0 Å². The summed E-state index contributed by atoms with van der Waals surface area (Å²) < 4.78 is 5.62. The highest BCUT2D eigenvalue weighted by Gasteiger charge is 2.07. The van der Waals surface area contributed by atoms with Crippen LogP contribution in [0.2, 0.25) is 0 Å². The SMILES string of the molecule is Cc1ccc(C)c(OCCC(=O)Nc2n[nH]c(C)n2)c1. The summed E-state index contributed by atoms with van der Waals surface area (Å²) in [5.41, 5.74) is 2.19. The molecule has 0 saturated carbocycles. The average Bonchev–Trinajstić information content (AvgIpc) is 2.79. The van der Waals surface area contributed by atoms with Crippen LogP contribution in [0.3, 0.4) is 0 Å². The third-order valence-electron chi connectivity index (χ3n) is 2.78. The Morgan fingerprint density at radius 1 is 1.35 bits per heavy atom. The van der Waals surface area contributed by atoms with E-state index in [1.54, 1.807) is 6.92 Å². The summed E-state index contributed by atoms with van der Waals surface area (Å²) in [6.07, 6.45) is 0.251. The number of carbonyl (C=O) groups is 1. The van der Waals surface area contributed by atoms with Gasteiger partial charge in [-0.05, 0) is 38.0 Å². The number of hydrogen-bond donors (Lipinski definition) is 2. The number of nitrogens with zero attached hydrogens (tertiary/aromatic N) is 2. The molecule has 6 nitrogen and oxygen atoms in total. The summed E-state index contributed by atoms with van der Waals surface area (Å²) in [4.78, 5) is 15.7. The summed E-state index contributed by atoms with van der Waals surface area (Å²) in [5, 5.41) is 9.10. The van der Waals surface area contributed by atoms with E-state index in [2.05, 4.69) is 20.5 Å². The quantitative estimate of drug-likeness (QED) is 0.875. The van der Waals surface area contributed by atoms with Gasteiger partial charge < -0.3 is 4.74 Å². The van der Waals surface area contributed by atoms with E-state index >= 15 is 0 Å². The molecule has 0 unspecified atom stereocenters. The first kappa shape index (κ1) is 14.0. The molecule has 106 valence electrons. The number of aryl methyl sites for hydroxylation is 3. The van der Waals surface area contributed by atoms with Gasteiger partial charge in [0.15, 0.2) is 0 Å². The van der Waals surface area contributed by atoms with E-state index in [0.717, 1.165) is 16.9 Å². The van der Waals surface area contributed by atoms with Crippen LogP contribution >= 0.6 is 0 Å². The van der Waals surface area contributed by atoms with Crippen molar-refractivity contribution in [3.05, 3.63) is 35.2 Å². The Morgan fingerprint density at radius 2 is 2.15 bits per heavy atom. The van der Waals surface area contributed by atoms with Crippen LogP contribution in [-0.2, 0) is 4.79 Å². The highest BCUT2D eigenvalue weighted by Crippen LogP contribution is 2.19. The maximum atomic E-state index is 11.7. The number of carbonyl (C=O) groups excluding carboxylic acids is 1. The van der Waals surface area contributed by atoms with Gasteiger partial charge in [0.2, 0.25) is 11.9 Å². The molecule has 0 aliphatic heterocycles. The zero-order chi connectivity index (χ0) is 14.5. The third-order valence-corrected chi connectivity index (χ3v) is 2.78. The molecule has 0 bridgehead atoms. The first-order valence-corrected chi connectivity index (χ1v) is 6.43. The summed E-state index contributed by atoms with van der Waals surface area (Å²) in [7, 11) is 0. The average molecular weight is 274 g/mol. The minimum Gasteiger partial charge on any atom is -0.493 e. The number of rotatable bonds is 5. The van der Waals surface area contributed by atoms with Crippen molar-refractivity contribution in [2.24, 2.45) is 0 Å². The van der Waals surface area contributed by atoms with Crippen molar-refractivity contribution < 1.29 is 9.53 Å². The molecule has 0 aliphatic carbocycles. The van der Waals surface area contributed by atoms with E-state index in [4.69, 9.17) is 4.74 Å². The molecule has 0 spiro atoms. The largest absolute Gasteiger partial charge is 0.493 e. The third kappa shape index (κ3) is 3.81. The van der Waals surface area contributed by atoms with Crippen LogP contribution in [0.4, 0.5) is 5.95 Å². The molecular formula is C14H18N4O2. The van der Waals surface area contributed by atoms with Crippen LogP contribution in [-0.4, -0.2) is 27.7 Å². The van der Waals surface area contributed by atoms with Gasteiger partial charge in [-0.2, -0.15) is 4.98 Å². The fraction of sp³-hybridized carbons (Fsp3) is 0.357. The van der Waals surface area contributed by atoms with E-state index < -0.39 is 0 Å². The maximum Gasteiger partial charge on any atom is 0.248 e. The number of aromatic nitrogens is 3. The maximum absolute atomic E-state index is 11.7. The van der Waals surface area contributed by atoms with E-state index in [0.29, 0.717) is 18.4 Å². The number of nitrogens with one attached hydrogen (secondary N) is 2. The molecule has 1 amide bonds. The second kappa shape index (κ2) is 6.18. The van der Waals surface area contributed by atoms with Crippen molar-refractivity contribution >= 4 is 11.9 Å². The Hall–Kier alpha value is -2.37. The fourth-order valence-electron chi connectivity index (χ4n) is 1.70. The van der Waals surface area contributed by atoms with Crippen LogP contribution in [0.25, 0.3) is 0 Å². The molecule has 1 aromatic carbocycles. The molecule has 6 heteroatoms. The minimum atomic E-state index is -0.172. The normalized spacial score (nSPS) is 10.3. The van der Waals surface area contributed by atoms with Crippen LogP contribution in [0, 0.1) is 20.8 Å². The summed E-state index contributed by atoms with van der Waals surface area (Å²) in [5.74, 6) is 1.59. The highest BCUT2D eigenvalue weighted by molar-refractivity contribution is 5.88. The summed E-state index contributed by atoms with van der Waals surface area (Å²) >= 11 is 0. The molecule has 0 saturated heterocycles. The molecule has 2 N–H and O–H groups in total. The Morgan fingerprint density at radius 3 is 2.85 bits per heavy atom. The Labute approximate surface area is 117 Å². The van der Waals surface area contributed by atoms with Gasteiger partial charge >= 0.3 is 0 Å². The van der Waals surface area contributed by atoms with E-state index in [9.17, 15) is 4.79 Å². The number of benzene rings is 1. The van der Waals surface area contributed by atoms with Crippen molar-refractivity contribution in [2.45, 2.75) is 27.2 Å². The number of hydrogen-bond acceptors (Lipinski definition) is 4. The molecule has 2 rings (SSSR count). The predicted octanol–water partition coefficient (Wildman–Crippen LogP) is 2.14. The first-order chi connectivity index (χ1) is 9.54. The molecule has 1 aromatic heterocycles. The smallest absolute Gasteiger partial charge is 0.248 e. The number of ether oxygens (including phenoxy) is 1. The second-order valence-corrected chi connectivity index (χ2v) is 4.66. The molecule has 0 atom stereocenters. The Balaban J connectivity index is 1.80. The van der Waals surface area contributed by atoms with Gasteiger partial charge in [-0.3, -0.25) is 15.2 Å². The zero-order valence-corrected chi connectivity index (χ0v) is 11.9. The number of H-pyrrole nitrogens is 1. The van der Waals surface area contributed by atoms with Crippen molar-refractivity contribution in [3.63, 3.8) is 0 Å². The topological polar surface area (TPSA) is 79.9 Å². The first-order valence-electron chi connectivity index (χ1n) is 6.43. The van der Waals surface area contributed by atoms with Crippen LogP contribution < -0.4 is 10.1 Å². The van der Waals surface area contributed by atoms with E-state index in [-0.39, 0.29) is 12.3 Å². The van der Waals surface area contributed by atoms with Gasteiger partial charge in [-0.1, -0.05) is 12.1 Å². The Kier molecular flexibility index (Phi) is 4.34. The molecule has 20 heavy (non-hydrogen) atoms. The second-order valence-electron chi connectivity index (χ2n) is 4.66.